The highest BCUT2D eigenvalue weighted by Gasteiger charge is 2.03. The molecule has 64 valence electrons. The maximum absolute atomic E-state index is 8.81. The molecule has 0 aliphatic carbocycles. The van der Waals surface area contributed by atoms with E-state index in [4.69, 9.17) is 5.26 Å². The van der Waals surface area contributed by atoms with Gasteiger partial charge in [0.25, 0.3) is 0 Å². The van der Waals surface area contributed by atoms with Gasteiger partial charge in [-0.1, -0.05) is 0 Å². The number of nitriles is 1. The molecule has 0 aliphatic heterocycles. The molecule has 0 fully saturated rings. The zero-order valence-electron chi connectivity index (χ0n) is 6.97. The van der Waals surface area contributed by atoms with Crippen molar-refractivity contribution >= 4 is 37.4 Å². The minimum atomic E-state index is 0.703. The quantitative estimate of drug-likeness (QED) is 0.698. The van der Waals surface area contributed by atoms with E-state index in [9.17, 15) is 0 Å². The lowest BCUT2D eigenvalue weighted by atomic mass is 10.2. The van der Waals surface area contributed by atoms with Crippen LogP contribution in [0.25, 0.3) is 10.1 Å². The fourth-order valence-electron chi connectivity index (χ4n) is 1.28. The zero-order valence-corrected chi connectivity index (χ0v) is 9.37. The molecule has 0 spiro atoms. The van der Waals surface area contributed by atoms with E-state index >= 15 is 0 Å². The highest BCUT2D eigenvalue weighted by Crippen LogP contribution is 2.30. The molecule has 0 saturated heterocycles. The minimum absolute atomic E-state index is 0.703. The third-order valence-electron chi connectivity index (χ3n) is 1.85. The molecule has 0 aliphatic rings. The number of benzene rings is 1. The number of halogens is 1. The Morgan fingerprint density at radius 2 is 2.15 bits per heavy atom. The first kappa shape index (κ1) is 8.74. The van der Waals surface area contributed by atoms with Crippen LogP contribution in [0.3, 0.4) is 0 Å². The molecular weight excluding hydrogens is 246 g/mol. The smallest absolute Gasteiger partial charge is 0.100 e. The number of fused-ring (bicyclic) bond motifs is 1. The molecular formula is C10H6BrNS. The Morgan fingerprint density at radius 3 is 2.85 bits per heavy atom. The summed E-state index contributed by atoms with van der Waals surface area (Å²) < 4.78 is 2.05. The molecule has 1 aromatic heterocycles. The van der Waals surface area contributed by atoms with Crippen molar-refractivity contribution < 1.29 is 0 Å². The van der Waals surface area contributed by atoms with Gasteiger partial charge in [0.1, 0.15) is 6.07 Å². The Balaban J connectivity index is 2.82. The van der Waals surface area contributed by atoms with Gasteiger partial charge in [0.05, 0.1) is 5.56 Å². The van der Waals surface area contributed by atoms with Gasteiger partial charge in [0, 0.05) is 14.0 Å². The highest BCUT2D eigenvalue weighted by molar-refractivity contribution is 9.10. The molecule has 2 rings (SSSR count). The van der Waals surface area contributed by atoms with Gasteiger partial charge in [0.15, 0.2) is 0 Å². The number of thiophene rings is 1. The molecule has 0 saturated carbocycles. The topological polar surface area (TPSA) is 23.8 Å². The number of hydrogen-bond donors (Lipinski definition) is 0. The van der Waals surface area contributed by atoms with Gasteiger partial charge < -0.3 is 0 Å². The van der Waals surface area contributed by atoms with E-state index in [2.05, 4.69) is 35.0 Å². The van der Waals surface area contributed by atoms with Gasteiger partial charge in [-0.2, -0.15) is 5.26 Å². The first-order valence-corrected chi connectivity index (χ1v) is 5.41. The summed E-state index contributed by atoms with van der Waals surface area (Å²) in [5.41, 5.74) is 0.703. The van der Waals surface area contributed by atoms with Crippen molar-refractivity contribution in [2.45, 2.75) is 6.92 Å². The third-order valence-corrected chi connectivity index (χ3v) is 3.52. The second-order valence-corrected chi connectivity index (χ2v) is 4.98. The second kappa shape index (κ2) is 3.13. The van der Waals surface area contributed by atoms with Crippen molar-refractivity contribution in [3.63, 3.8) is 0 Å². The molecule has 0 unspecified atom stereocenters. The summed E-state index contributed by atoms with van der Waals surface area (Å²) in [4.78, 5) is 1.27. The van der Waals surface area contributed by atoms with Gasteiger partial charge in [-0.15, -0.1) is 11.3 Å². The standard InChI is InChI=1S/C10H6BrNS/c1-6-2-7-3-9(11)8(5-12)4-10(7)13-6/h2-4H,1H3. The van der Waals surface area contributed by atoms with Gasteiger partial charge in [0.2, 0.25) is 0 Å². The van der Waals surface area contributed by atoms with E-state index in [0.717, 1.165) is 4.47 Å². The molecule has 1 aromatic carbocycles. The molecule has 0 radical (unpaired) electrons. The maximum atomic E-state index is 8.81. The number of nitrogens with zero attached hydrogens (tertiary/aromatic N) is 1. The van der Waals surface area contributed by atoms with Crippen LogP contribution in [0.5, 0.6) is 0 Å². The summed E-state index contributed by atoms with van der Waals surface area (Å²) in [5, 5.41) is 10.0. The summed E-state index contributed by atoms with van der Waals surface area (Å²) in [5.74, 6) is 0. The maximum Gasteiger partial charge on any atom is 0.100 e. The summed E-state index contributed by atoms with van der Waals surface area (Å²) in [6.07, 6.45) is 0. The Morgan fingerprint density at radius 1 is 1.38 bits per heavy atom. The second-order valence-electron chi connectivity index (χ2n) is 2.84. The van der Waals surface area contributed by atoms with Crippen LogP contribution in [0.2, 0.25) is 0 Å². The monoisotopic (exact) mass is 251 g/mol. The van der Waals surface area contributed by atoms with Gasteiger partial charge in [-0.05, 0) is 46.4 Å². The van der Waals surface area contributed by atoms with Crippen LogP contribution < -0.4 is 0 Å². The molecule has 0 atom stereocenters. The van der Waals surface area contributed by atoms with Crippen molar-refractivity contribution in [1.29, 1.82) is 5.26 Å². The third kappa shape index (κ3) is 1.48. The van der Waals surface area contributed by atoms with Crippen LogP contribution in [0, 0.1) is 18.3 Å². The number of rotatable bonds is 0. The van der Waals surface area contributed by atoms with E-state index in [1.54, 1.807) is 11.3 Å². The lowest BCUT2D eigenvalue weighted by Gasteiger charge is -1.94. The molecule has 1 heterocycles. The molecule has 0 amide bonds. The Kier molecular flexibility index (Phi) is 2.10. The average Bonchev–Trinajstić information content (AvgIpc) is 2.42. The van der Waals surface area contributed by atoms with Gasteiger partial charge in [-0.25, -0.2) is 0 Å². The fraction of sp³-hybridized carbons (Fsp3) is 0.100. The molecule has 0 N–H and O–H groups in total. The van der Waals surface area contributed by atoms with Gasteiger partial charge in [-0.3, -0.25) is 0 Å². The molecule has 1 nitrogen and oxygen atoms in total. The average molecular weight is 252 g/mol. The molecule has 13 heavy (non-hydrogen) atoms. The number of hydrogen-bond acceptors (Lipinski definition) is 2. The van der Waals surface area contributed by atoms with E-state index in [1.165, 1.54) is 15.0 Å². The van der Waals surface area contributed by atoms with E-state index in [1.807, 2.05) is 12.1 Å². The summed E-state index contributed by atoms with van der Waals surface area (Å²) in [6.45, 7) is 2.07. The van der Waals surface area contributed by atoms with Crippen molar-refractivity contribution in [2.75, 3.05) is 0 Å². The first-order valence-electron chi connectivity index (χ1n) is 3.80. The molecule has 3 heteroatoms. The molecule has 2 aromatic rings. The lowest BCUT2D eigenvalue weighted by molar-refractivity contribution is 1.48. The van der Waals surface area contributed by atoms with E-state index in [0.29, 0.717) is 5.56 Å². The Labute approximate surface area is 88.7 Å². The van der Waals surface area contributed by atoms with Crippen LogP contribution in [0.15, 0.2) is 22.7 Å². The number of aryl methyl sites for hydroxylation is 1. The minimum Gasteiger partial charge on any atom is -0.192 e. The lowest BCUT2D eigenvalue weighted by Crippen LogP contribution is -1.75. The van der Waals surface area contributed by atoms with Crippen molar-refractivity contribution in [1.82, 2.24) is 0 Å². The predicted molar refractivity (Wildman–Crippen MR) is 59.0 cm³/mol. The van der Waals surface area contributed by atoms with E-state index in [-0.39, 0.29) is 0 Å². The van der Waals surface area contributed by atoms with Crippen LogP contribution in [0.4, 0.5) is 0 Å². The summed E-state index contributed by atoms with van der Waals surface area (Å²) in [7, 11) is 0. The summed E-state index contributed by atoms with van der Waals surface area (Å²) >= 11 is 5.09. The van der Waals surface area contributed by atoms with Crippen LogP contribution in [-0.2, 0) is 0 Å². The van der Waals surface area contributed by atoms with Crippen LogP contribution in [0.1, 0.15) is 10.4 Å². The zero-order chi connectivity index (χ0) is 9.42. The highest BCUT2D eigenvalue weighted by atomic mass is 79.9. The normalized spacial score (nSPS) is 10.2. The summed E-state index contributed by atoms with van der Waals surface area (Å²) in [6, 6.07) is 8.21. The Bertz CT molecular complexity index is 507. The SMILES string of the molecule is Cc1cc2cc(Br)c(C#N)cc2s1. The fourth-order valence-corrected chi connectivity index (χ4v) is 2.67. The molecule has 0 bridgehead atoms. The van der Waals surface area contributed by atoms with Gasteiger partial charge >= 0.3 is 0 Å². The van der Waals surface area contributed by atoms with Crippen molar-refractivity contribution in [2.24, 2.45) is 0 Å². The van der Waals surface area contributed by atoms with E-state index < -0.39 is 0 Å². The predicted octanol–water partition coefficient (Wildman–Crippen LogP) is 3.84. The van der Waals surface area contributed by atoms with Crippen molar-refractivity contribution in [3.8, 4) is 6.07 Å². The largest absolute Gasteiger partial charge is 0.192 e. The Hall–Kier alpha value is -0.850. The first-order chi connectivity index (χ1) is 6.20. The van der Waals surface area contributed by atoms with Crippen LogP contribution >= 0.6 is 27.3 Å². The van der Waals surface area contributed by atoms with Crippen LogP contribution in [-0.4, -0.2) is 0 Å². The van der Waals surface area contributed by atoms with Crippen molar-refractivity contribution in [3.05, 3.63) is 33.1 Å².